The SMILES string of the molecule is O=C(O)C(=O)O.[AsH3]. The molecule has 5 heteroatoms. The molecule has 0 saturated carbocycles. The summed E-state index contributed by atoms with van der Waals surface area (Å²) in [5, 5.41) is 14.8. The van der Waals surface area contributed by atoms with Gasteiger partial charge in [-0.3, -0.25) is 0 Å². The second-order valence-electron chi connectivity index (χ2n) is 0.610. The zero-order chi connectivity index (χ0) is 5.15. The maximum absolute atomic E-state index is 9.10. The van der Waals surface area contributed by atoms with E-state index < -0.39 is 11.9 Å². The Balaban J connectivity index is 0. The van der Waals surface area contributed by atoms with Crippen LogP contribution < -0.4 is 0 Å². The monoisotopic (exact) mass is 168 g/mol. The summed E-state index contributed by atoms with van der Waals surface area (Å²) in [5.41, 5.74) is 0. The van der Waals surface area contributed by atoms with Crippen LogP contribution in [0.2, 0.25) is 0 Å². The second-order valence-corrected chi connectivity index (χ2v) is 0.610. The summed E-state index contributed by atoms with van der Waals surface area (Å²) in [6, 6.07) is 0. The van der Waals surface area contributed by atoms with E-state index in [1.807, 2.05) is 0 Å². The van der Waals surface area contributed by atoms with Crippen LogP contribution in [-0.2, 0) is 9.59 Å². The molecule has 0 amide bonds. The molecule has 0 aromatic carbocycles. The Morgan fingerprint density at radius 1 is 1.00 bits per heavy atom. The van der Waals surface area contributed by atoms with Crippen LogP contribution in [0.5, 0.6) is 0 Å². The van der Waals surface area contributed by atoms with E-state index in [0.29, 0.717) is 0 Å². The Morgan fingerprint density at radius 3 is 1.14 bits per heavy atom. The Kier molecular flexibility index (Phi) is 5.10. The Labute approximate surface area is 50.5 Å². The van der Waals surface area contributed by atoms with Gasteiger partial charge in [-0.15, -0.1) is 0 Å². The molecule has 0 saturated heterocycles. The van der Waals surface area contributed by atoms with Crippen LogP contribution in [0.1, 0.15) is 0 Å². The zero-order valence-electron chi connectivity index (χ0n) is 3.42. The quantitative estimate of drug-likeness (QED) is 0.323. The normalized spacial score (nSPS) is 6.29. The molecule has 0 fully saturated rings. The molecule has 0 radical (unpaired) electrons. The number of carboxylic acid groups (broad SMARTS) is 2. The van der Waals surface area contributed by atoms with Crippen molar-refractivity contribution in [2.75, 3.05) is 0 Å². The van der Waals surface area contributed by atoms with Crippen LogP contribution in [0, 0.1) is 0 Å². The van der Waals surface area contributed by atoms with Crippen molar-refractivity contribution in [3.8, 4) is 0 Å². The number of aliphatic carboxylic acids is 2. The Morgan fingerprint density at radius 2 is 1.14 bits per heavy atom. The van der Waals surface area contributed by atoms with Crippen molar-refractivity contribution in [1.82, 2.24) is 0 Å². The first-order valence-electron chi connectivity index (χ1n) is 1.11. The van der Waals surface area contributed by atoms with E-state index >= 15 is 0 Å². The fourth-order valence-electron chi connectivity index (χ4n) is 0. The Hall–Kier alpha value is -0.502. The van der Waals surface area contributed by atoms with Crippen LogP contribution in [-0.4, -0.2) is 40.1 Å². The molecule has 7 heavy (non-hydrogen) atoms. The molecule has 1 atom stereocenters. The Bertz CT molecular complexity index is 75.7. The molecule has 0 rings (SSSR count). The number of hydrogen-bond donors (Lipinski definition) is 2. The summed E-state index contributed by atoms with van der Waals surface area (Å²) < 4.78 is 0. The third-order valence-corrected chi connectivity index (χ3v) is 0.183. The van der Waals surface area contributed by atoms with Gasteiger partial charge in [0, 0.05) is 0 Å². The maximum atomic E-state index is 9.10. The van der Waals surface area contributed by atoms with Gasteiger partial charge in [0.25, 0.3) is 0 Å². The van der Waals surface area contributed by atoms with E-state index in [1.54, 1.807) is 0 Å². The average Bonchev–Trinajstić information content (AvgIpc) is 1.36. The van der Waals surface area contributed by atoms with Crippen molar-refractivity contribution in [3.05, 3.63) is 0 Å². The predicted octanol–water partition coefficient (Wildman–Crippen LogP) is -2.03. The van der Waals surface area contributed by atoms with Crippen molar-refractivity contribution in [2.45, 2.75) is 0 Å². The van der Waals surface area contributed by atoms with E-state index in [9.17, 15) is 0 Å². The fraction of sp³-hybridized carbons (Fsp3) is 0. The van der Waals surface area contributed by atoms with E-state index in [2.05, 4.69) is 0 Å². The topological polar surface area (TPSA) is 74.6 Å². The average molecular weight is 168 g/mol. The molecular weight excluding hydrogens is 163 g/mol. The van der Waals surface area contributed by atoms with Gasteiger partial charge in [-0.1, -0.05) is 0 Å². The molecule has 0 aliphatic rings. The first-order chi connectivity index (χ1) is 2.64. The summed E-state index contributed by atoms with van der Waals surface area (Å²) in [7, 11) is 0. The van der Waals surface area contributed by atoms with Gasteiger partial charge in [-0.2, -0.15) is 0 Å². The standard InChI is InChI=1S/C2H2O4.AsH3/c3-1(4)2(5)6;/h(H,3,4)(H,5,6);1H3. The number of carbonyl (C=O) groups is 2. The first kappa shape index (κ1) is 9.71. The minimum absolute atomic E-state index is 0. The molecule has 0 heterocycles. The molecular formula is C2H5AsO4. The fourth-order valence-corrected chi connectivity index (χ4v) is 0. The van der Waals surface area contributed by atoms with Gasteiger partial charge >= 0.3 is 29.9 Å². The third-order valence-electron chi connectivity index (χ3n) is 0.183. The van der Waals surface area contributed by atoms with Crippen LogP contribution in [0.15, 0.2) is 0 Å². The third kappa shape index (κ3) is 5.50. The van der Waals surface area contributed by atoms with Crippen LogP contribution >= 0.6 is 0 Å². The number of rotatable bonds is 0. The van der Waals surface area contributed by atoms with Gasteiger partial charge in [-0.05, 0) is 0 Å². The van der Waals surface area contributed by atoms with Crippen LogP contribution in [0.4, 0.5) is 0 Å². The summed E-state index contributed by atoms with van der Waals surface area (Å²) in [6.07, 6.45) is 0. The molecule has 42 valence electrons. The van der Waals surface area contributed by atoms with Crippen molar-refractivity contribution in [1.29, 1.82) is 0 Å². The molecule has 0 aliphatic heterocycles. The van der Waals surface area contributed by atoms with Gasteiger partial charge in [0.2, 0.25) is 0 Å². The van der Waals surface area contributed by atoms with E-state index in [1.165, 1.54) is 0 Å². The van der Waals surface area contributed by atoms with Gasteiger partial charge in [0.1, 0.15) is 0 Å². The summed E-state index contributed by atoms with van der Waals surface area (Å²) >= 11 is 0. The van der Waals surface area contributed by atoms with Crippen LogP contribution in [0.3, 0.4) is 0 Å². The molecule has 4 nitrogen and oxygen atoms in total. The van der Waals surface area contributed by atoms with Gasteiger partial charge in [0.15, 0.2) is 0 Å². The molecule has 0 aromatic heterocycles. The molecule has 0 aromatic rings. The first-order valence-corrected chi connectivity index (χ1v) is 1.11. The van der Waals surface area contributed by atoms with E-state index in [4.69, 9.17) is 19.8 Å². The summed E-state index contributed by atoms with van der Waals surface area (Å²) in [6.45, 7) is 0. The number of carboxylic acids is 2. The molecule has 0 bridgehead atoms. The van der Waals surface area contributed by atoms with E-state index in [-0.39, 0.29) is 18.0 Å². The molecule has 0 aliphatic carbocycles. The molecule has 1 unspecified atom stereocenters. The summed E-state index contributed by atoms with van der Waals surface area (Å²) in [5.74, 6) is -3.65. The van der Waals surface area contributed by atoms with Crippen LogP contribution in [0.25, 0.3) is 0 Å². The van der Waals surface area contributed by atoms with Crippen molar-refractivity contribution >= 4 is 29.9 Å². The van der Waals surface area contributed by atoms with E-state index in [0.717, 1.165) is 0 Å². The van der Waals surface area contributed by atoms with Gasteiger partial charge < -0.3 is 10.2 Å². The minimum atomic E-state index is -1.82. The second kappa shape index (κ2) is 3.68. The predicted molar refractivity (Wildman–Crippen MR) is 25.2 cm³/mol. The van der Waals surface area contributed by atoms with Gasteiger partial charge in [-0.25, -0.2) is 9.59 Å². The molecule has 2 N–H and O–H groups in total. The van der Waals surface area contributed by atoms with Gasteiger partial charge in [0.05, 0.1) is 0 Å². The van der Waals surface area contributed by atoms with Crippen molar-refractivity contribution in [2.24, 2.45) is 0 Å². The molecule has 0 spiro atoms. The van der Waals surface area contributed by atoms with Crippen molar-refractivity contribution < 1.29 is 19.8 Å². The summed E-state index contributed by atoms with van der Waals surface area (Å²) in [4.78, 5) is 18.2. The zero-order valence-corrected chi connectivity index (χ0v) is 6.39. The number of hydrogen-bond acceptors (Lipinski definition) is 2. The van der Waals surface area contributed by atoms with Crippen molar-refractivity contribution in [3.63, 3.8) is 0 Å².